The zero-order valence-electron chi connectivity index (χ0n) is 14.0. The first-order chi connectivity index (χ1) is 10.1. The third-order valence-electron chi connectivity index (χ3n) is 4.54. The summed E-state index contributed by atoms with van der Waals surface area (Å²) in [4.78, 5) is 5.07. The second-order valence-corrected chi connectivity index (χ2v) is 6.42. The number of nitrogens with zero attached hydrogens (tertiary/aromatic N) is 4. The molecule has 0 amide bonds. The van der Waals surface area contributed by atoms with E-state index >= 15 is 0 Å². The highest BCUT2D eigenvalue weighted by molar-refractivity contribution is 5.00. The van der Waals surface area contributed by atoms with Crippen molar-refractivity contribution in [3.05, 3.63) is 18.0 Å². The van der Waals surface area contributed by atoms with E-state index in [4.69, 9.17) is 0 Å². The molecule has 1 unspecified atom stereocenters. The average molecular weight is 293 g/mol. The van der Waals surface area contributed by atoms with Crippen molar-refractivity contribution in [3.8, 4) is 0 Å². The van der Waals surface area contributed by atoms with E-state index in [2.05, 4.69) is 58.8 Å². The molecule has 2 rings (SSSR count). The molecule has 1 N–H and O–H groups in total. The minimum Gasteiger partial charge on any atom is -0.310 e. The number of likely N-dealkylation sites (N-methyl/N-ethyl adjacent to an activating group) is 1. The third kappa shape index (κ3) is 4.53. The number of rotatable bonds is 7. The number of nitrogens with one attached hydrogen (secondary N) is 1. The van der Waals surface area contributed by atoms with Crippen LogP contribution in [0.25, 0.3) is 0 Å². The highest BCUT2D eigenvalue weighted by Crippen LogP contribution is 2.13. The van der Waals surface area contributed by atoms with Gasteiger partial charge in [0, 0.05) is 58.1 Å². The van der Waals surface area contributed by atoms with Gasteiger partial charge in [0.15, 0.2) is 0 Å². The van der Waals surface area contributed by atoms with Gasteiger partial charge in [-0.15, -0.1) is 0 Å². The fraction of sp³-hybridized carbons (Fsp3) is 0.812. The lowest BCUT2D eigenvalue weighted by atomic mass is 10.0. The quantitative estimate of drug-likeness (QED) is 0.821. The first-order valence-corrected chi connectivity index (χ1v) is 8.25. The Morgan fingerprint density at radius 2 is 1.95 bits per heavy atom. The van der Waals surface area contributed by atoms with Crippen LogP contribution in [0.4, 0.5) is 0 Å². The van der Waals surface area contributed by atoms with Crippen molar-refractivity contribution in [2.24, 2.45) is 5.92 Å². The average Bonchev–Trinajstić information content (AvgIpc) is 2.92. The van der Waals surface area contributed by atoms with E-state index in [1.807, 2.05) is 6.20 Å². The minimum atomic E-state index is 0.622. The maximum atomic E-state index is 4.33. The summed E-state index contributed by atoms with van der Waals surface area (Å²) in [7, 11) is 2.21. The van der Waals surface area contributed by atoms with Crippen molar-refractivity contribution in [3.63, 3.8) is 0 Å². The van der Waals surface area contributed by atoms with Crippen LogP contribution >= 0.6 is 0 Å². The van der Waals surface area contributed by atoms with E-state index in [9.17, 15) is 0 Å². The summed E-state index contributed by atoms with van der Waals surface area (Å²) >= 11 is 0. The molecular weight excluding hydrogens is 262 g/mol. The molecule has 0 saturated carbocycles. The van der Waals surface area contributed by atoms with E-state index in [0.717, 1.165) is 19.6 Å². The smallest absolute Gasteiger partial charge is 0.0521 e. The van der Waals surface area contributed by atoms with Crippen molar-refractivity contribution in [1.82, 2.24) is 24.9 Å². The van der Waals surface area contributed by atoms with Gasteiger partial charge >= 0.3 is 0 Å². The van der Waals surface area contributed by atoms with Gasteiger partial charge in [0.25, 0.3) is 0 Å². The number of hydrogen-bond acceptors (Lipinski definition) is 4. The Morgan fingerprint density at radius 3 is 2.57 bits per heavy atom. The molecule has 5 heteroatoms. The molecule has 0 aromatic carbocycles. The Hall–Kier alpha value is -0.910. The molecule has 120 valence electrons. The summed E-state index contributed by atoms with van der Waals surface area (Å²) < 4.78 is 2.06. The van der Waals surface area contributed by atoms with Crippen LogP contribution in [0.1, 0.15) is 26.5 Å². The molecule has 1 aliphatic rings. The van der Waals surface area contributed by atoms with Crippen LogP contribution in [-0.4, -0.2) is 65.4 Å². The van der Waals surface area contributed by atoms with Gasteiger partial charge in [-0.2, -0.15) is 5.10 Å². The number of aryl methyl sites for hydroxylation is 1. The van der Waals surface area contributed by atoms with Crippen LogP contribution < -0.4 is 5.32 Å². The molecule has 1 aromatic rings. The van der Waals surface area contributed by atoms with Gasteiger partial charge in [-0.05, 0) is 26.0 Å². The number of hydrogen-bond donors (Lipinski definition) is 1. The van der Waals surface area contributed by atoms with E-state index in [0.29, 0.717) is 12.0 Å². The molecule has 5 nitrogen and oxygen atoms in total. The van der Waals surface area contributed by atoms with Crippen molar-refractivity contribution < 1.29 is 0 Å². The van der Waals surface area contributed by atoms with E-state index in [1.54, 1.807) is 0 Å². The molecule has 0 radical (unpaired) electrons. The lowest BCUT2D eigenvalue weighted by molar-refractivity contribution is 0.0874. The second kappa shape index (κ2) is 7.92. The number of aromatic nitrogens is 2. The fourth-order valence-corrected chi connectivity index (χ4v) is 3.08. The van der Waals surface area contributed by atoms with Crippen LogP contribution in [0.2, 0.25) is 0 Å². The van der Waals surface area contributed by atoms with Crippen LogP contribution in [0.15, 0.2) is 12.3 Å². The van der Waals surface area contributed by atoms with Crippen molar-refractivity contribution >= 4 is 0 Å². The minimum absolute atomic E-state index is 0.622. The maximum absolute atomic E-state index is 4.33. The largest absolute Gasteiger partial charge is 0.310 e. The first kappa shape index (κ1) is 16.5. The predicted octanol–water partition coefficient (Wildman–Crippen LogP) is 1.26. The van der Waals surface area contributed by atoms with Crippen LogP contribution in [0.5, 0.6) is 0 Å². The molecule has 0 bridgehead atoms. The Labute approximate surface area is 129 Å². The molecule has 0 spiro atoms. The molecule has 1 atom stereocenters. The summed E-state index contributed by atoms with van der Waals surface area (Å²) in [6.07, 6.45) is 1.89. The molecule has 1 aromatic heterocycles. The normalized spacial score (nSPS) is 19.3. The van der Waals surface area contributed by atoms with Gasteiger partial charge in [0.2, 0.25) is 0 Å². The lowest BCUT2D eigenvalue weighted by Gasteiger charge is -2.40. The van der Waals surface area contributed by atoms with E-state index in [1.165, 1.54) is 31.9 Å². The van der Waals surface area contributed by atoms with Gasteiger partial charge in [0.1, 0.15) is 0 Å². The van der Waals surface area contributed by atoms with Gasteiger partial charge in [-0.25, -0.2) is 0 Å². The summed E-state index contributed by atoms with van der Waals surface area (Å²) in [6.45, 7) is 14.5. The Kier molecular flexibility index (Phi) is 6.21. The van der Waals surface area contributed by atoms with Crippen LogP contribution in [0.3, 0.4) is 0 Å². The standard InChI is InChI=1S/C16H31N5/c1-5-21-15(6-7-18-21)12-17-13-16(14(2)3)20-10-8-19(4)9-11-20/h6-7,14,16-17H,5,8-13H2,1-4H3. The topological polar surface area (TPSA) is 36.3 Å². The Morgan fingerprint density at radius 1 is 1.24 bits per heavy atom. The Bertz CT molecular complexity index is 407. The SMILES string of the molecule is CCn1nccc1CNCC(C(C)C)N1CCN(C)CC1. The van der Waals surface area contributed by atoms with Gasteiger partial charge in [0.05, 0.1) is 5.69 Å². The summed E-state index contributed by atoms with van der Waals surface area (Å²) in [6, 6.07) is 2.73. The fourth-order valence-electron chi connectivity index (χ4n) is 3.08. The highest BCUT2D eigenvalue weighted by atomic mass is 15.3. The van der Waals surface area contributed by atoms with Gasteiger partial charge in [-0.1, -0.05) is 13.8 Å². The number of piperazine rings is 1. The summed E-state index contributed by atoms with van der Waals surface area (Å²) in [5, 5.41) is 7.96. The van der Waals surface area contributed by atoms with Crippen molar-refractivity contribution in [2.75, 3.05) is 39.8 Å². The molecule has 1 fully saturated rings. The highest BCUT2D eigenvalue weighted by Gasteiger charge is 2.24. The summed E-state index contributed by atoms with van der Waals surface area (Å²) in [5.74, 6) is 0.678. The van der Waals surface area contributed by atoms with Crippen molar-refractivity contribution in [2.45, 2.75) is 39.9 Å². The zero-order chi connectivity index (χ0) is 15.2. The van der Waals surface area contributed by atoms with Crippen LogP contribution in [-0.2, 0) is 13.1 Å². The predicted molar refractivity (Wildman–Crippen MR) is 87.3 cm³/mol. The Balaban J connectivity index is 1.83. The third-order valence-corrected chi connectivity index (χ3v) is 4.54. The molecular formula is C16H31N5. The second-order valence-electron chi connectivity index (χ2n) is 6.42. The summed E-state index contributed by atoms with van der Waals surface area (Å²) in [5.41, 5.74) is 1.28. The van der Waals surface area contributed by atoms with E-state index < -0.39 is 0 Å². The zero-order valence-corrected chi connectivity index (χ0v) is 14.0. The first-order valence-electron chi connectivity index (χ1n) is 8.25. The molecule has 1 aliphatic heterocycles. The maximum Gasteiger partial charge on any atom is 0.0521 e. The molecule has 2 heterocycles. The molecule has 0 aliphatic carbocycles. The van der Waals surface area contributed by atoms with Gasteiger partial charge in [-0.3, -0.25) is 9.58 Å². The lowest BCUT2D eigenvalue weighted by Crippen LogP contribution is -2.53. The monoisotopic (exact) mass is 293 g/mol. The van der Waals surface area contributed by atoms with Crippen LogP contribution in [0, 0.1) is 5.92 Å². The van der Waals surface area contributed by atoms with E-state index in [-0.39, 0.29) is 0 Å². The van der Waals surface area contributed by atoms with Crippen molar-refractivity contribution in [1.29, 1.82) is 0 Å². The molecule has 21 heavy (non-hydrogen) atoms. The molecule has 1 saturated heterocycles. The van der Waals surface area contributed by atoms with Gasteiger partial charge < -0.3 is 10.2 Å².